The Kier molecular flexibility index (Phi) is 5.80. The molecule has 0 saturated carbocycles. The SMILES string of the molecule is O=C(Nc1cccc(OCc2cn3ccccc3n2)c1)C1CCCCN1C(=O)c1ccco1. The number of carbonyl (C=O) groups excluding carboxylic acids is 2. The van der Waals surface area contributed by atoms with Gasteiger partial charge >= 0.3 is 0 Å². The highest BCUT2D eigenvalue weighted by atomic mass is 16.5. The van der Waals surface area contributed by atoms with Gasteiger partial charge in [-0.2, -0.15) is 0 Å². The van der Waals surface area contributed by atoms with Crippen molar-refractivity contribution in [3.05, 3.63) is 84.7 Å². The van der Waals surface area contributed by atoms with Crippen molar-refractivity contribution in [3.63, 3.8) is 0 Å². The zero-order valence-corrected chi connectivity index (χ0v) is 18.0. The molecule has 1 fully saturated rings. The third kappa shape index (κ3) is 4.59. The number of nitrogens with one attached hydrogen (secondary N) is 1. The number of pyridine rings is 1. The summed E-state index contributed by atoms with van der Waals surface area (Å²) in [5.41, 5.74) is 2.28. The van der Waals surface area contributed by atoms with E-state index >= 15 is 0 Å². The summed E-state index contributed by atoms with van der Waals surface area (Å²) >= 11 is 0. The number of ether oxygens (including phenoxy) is 1. The fourth-order valence-corrected chi connectivity index (χ4v) is 4.09. The van der Waals surface area contributed by atoms with E-state index in [-0.39, 0.29) is 17.6 Å². The lowest BCUT2D eigenvalue weighted by atomic mass is 10.0. The Morgan fingerprint density at radius 3 is 2.91 bits per heavy atom. The molecular formula is C25H24N4O4. The summed E-state index contributed by atoms with van der Waals surface area (Å²) < 4.78 is 13.1. The molecule has 0 spiro atoms. The zero-order valence-electron chi connectivity index (χ0n) is 18.0. The van der Waals surface area contributed by atoms with E-state index in [1.165, 1.54) is 6.26 Å². The van der Waals surface area contributed by atoms with Gasteiger partial charge in [0.25, 0.3) is 5.91 Å². The second-order valence-electron chi connectivity index (χ2n) is 7.99. The van der Waals surface area contributed by atoms with Crippen molar-refractivity contribution in [2.75, 3.05) is 11.9 Å². The van der Waals surface area contributed by atoms with Crippen LogP contribution in [0.15, 0.2) is 77.7 Å². The van der Waals surface area contributed by atoms with Crippen LogP contribution in [0.2, 0.25) is 0 Å². The summed E-state index contributed by atoms with van der Waals surface area (Å²) in [5.74, 6) is 0.394. The number of benzene rings is 1. The van der Waals surface area contributed by atoms with Crippen LogP contribution in [0, 0.1) is 0 Å². The quantitative estimate of drug-likeness (QED) is 0.483. The molecule has 1 saturated heterocycles. The number of rotatable bonds is 6. The number of piperidine rings is 1. The van der Waals surface area contributed by atoms with Gasteiger partial charge in [0.2, 0.25) is 5.91 Å². The van der Waals surface area contributed by atoms with Crippen LogP contribution < -0.4 is 10.1 Å². The molecule has 0 bridgehead atoms. The molecule has 1 aliphatic rings. The number of fused-ring (bicyclic) bond motifs is 1. The van der Waals surface area contributed by atoms with E-state index in [1.807, 2.05) is 47.1 Å². The van der Waals surface area contributed by atoms with Crippen LogP contribution in [0.4, 0.5) is 5.69 Å². The van der Waals surface area contributed by atoms with Crippen molar-refractivity contribution < 1.29 is 18.7 Å². The number of imidazole rings is 1. The van der Waals surface area contributed by atoms with Crippen LogP contribution in [0.5, 0.6) is 5.75 Å². The number of anilines is 1. The van der Waals surface area contributed by atoms with Crippen molar-refractivity contribution in [1.82, 2.24) is 14.3 Å². The lowest BCUT2D eigenvalue weighted by Gasteiger charge is -2.34. The maximum absolute atomic E-state index is 13.1. The molecule has 1 aromatic carbocycles. The molecule has 4 heterocycles. The molecule has 4 aromatic rings. The van der Waals surface area contributed by atoms with Gasteiger partial charge < -0.3 is 23.8 Å². The second kappa shape index (κ2) is 9.20. The van der Waals surface area contributed by atoms with Gasteiger partial charge in [0.1, 0.15) is 24.0 Å². The average Bonchev–Trinajstić information content (AvgIpc) is 3.52. The van der Waals surface area contributed by atoms with Crippen molar-refractivity contribution in [1.29, 1.82) is 0 Å². The van der Waals surface area contributed by atoms with Crippen LogP contribution in [0.25, 0.3) is 5.65 Å². The van der Waals surface area contributed by atoms with Crippen LogP contribution in [-0.4, -0.2) is 38.7 Å². The fraction of sp³-hybridized carbons (Fsp3) is 0.240. The molecule has 1 aliphatic heterocycles. The minimum Gasteiger partial charge on any atom is -0.487 e. The van der Waals surface area contributed by atoms with Gasteiger partial charge in [-0.25, -0.2) is 4.98 Å². The lowest BCUT2D eigenvalue weighted by molar-refractivity contribution is -0.121. The average molecular weight is 444 g/mol. The summed E-state index contributed by atoms with van der Waals surface area (Å²) in [6.45, 7) is 0.840. The Morgan fingerprint density at radius 1 is 1.12 bits per heavy atom. The molecule has 8 heteroatoms. The van der Waals surface area contributed by atoms with Crippen molar-refractivity contribution in [3.8, 4) is 5.75 Å². The predicted octanol–water partition coefficient (Wildman–Crippen LogP) is 4.14. The van der Waals surface area contributed by atoms with E-state index in [4.69, 9.17) is 9.15 Å². The van der Waals surface area contributed by atoms with Gasteiger partial charge in [-0.05, 0) is 55.7 Å². The zero-order chi connectivity index (χ0) is 22.6. The minimum atomic E-state index is -0.543. The van der Waals surface area contributed by atoms with Crippen LogP contribution in [-0.2, 0) is 11.4 Å². The molecular weight excluding hydrogens is 420 g/mol. The first-order valence-electron chi connectivity index (χ1n) is 11.0. The van der Waals surface area contributed by atoms with Crippen molar-refractivity contribution in [2.45, 2.75) is 31.9 Å². The first-order valence-corrected chi connectivity index (χ1v) is 11.0. The number of likely N-dealkylation sites (tertiary alicyclic amines) is 1. The molecule has 3 aromatic heterocycles. The van der Waals surface area contributed by atoms with Crippen molar-refractivity contribution >= 4 is 23.1 Å². The number of aromatic nitrogens is 2. The van der Waals surface area contributed by atoms with Crippen molar-refractivity contribution in [2.24, 2.45) is 0 Å². The third-order valence-electron chi connectivity index (χ3n) is 5.70. The third-order valence-corrected chi connectivity index (χ3v) is 5.70. The summed E-state index contributed by atoms with van der Waals surface area (Å²) in [4.78, 5) is 32.0. The Balaban J connectivity index is 1.24. The number of carbonyl (C=O) groups is 2. The highest BCUT2D eigenvalue weighted by Crippen LogP contribution is 2.23. The van der Waals surface area contributed by atoms with E-state index in [2.05, 4.69) is 10.3 Å². The van der Waals surface area contributed by atoms with E-state index in [1.54, 1.807) is 29.2 Å². The van der Waals surface area contributed by atoms with Crippen LogP contribution >= 0.6 is 0 Å². The highest BCUT2D eigenvalue weighted by molar-refractivity contribution is 6.00. The van der Waals surface area contributed by atoms with Gasteiger partial charge in [-0.15, -0.1) is 0 Å². The molecule has 0 radical (unpaired) electrons. The number of hydrogen-bond donors (Lipinski definition) is 1. The lowest BCUT2D eigenvalue weighted by Crippen LogP contribution is -2.49. The Hall–Kier alpha value is -4.07. The van der Waals surface area contributed by atoms with Gasteiger partial charge in [0, 0.05) is 30.7 Å². The fourth-order valence-electron chi connectivity index (χ4n) is 4.09. The molecule has 1 atom stereocenters. The normalized spacial score (nSPS) is 16.0. The maximum atomic E-state index is 13.1. The van der Waals surface area contributed by atoms with Gasteiger partial charge in [0.15, 0.2) is 5.76 Å². The number of nitrogens with zero attached hydrogens (tertiary/aromatic N) is 3. The second-order valence-corrected chi connectivity index (χ2v) is 7.99. The first kappa shape index (κ1) is 20.8. The number of furan rings is 1. The van der Waals surface area contributed by atoms with Gasteiger partial charge in [-0.1, -0.05) is 12.1 Å². The molecule has 1 N–H and O–H groups in total. The highest BCUT2D eigenvalue weighted by Gasteiger charge is 2.33. The molecule has 1 unspecified atom stereocenters. The summed E-state index contributed by atoms with van der Waals surface area (Å²) in [6.07, 6.45) is 7.69. The topological polar surface area (TPSA) is 89.1 Å². The van der Waals surface area contributed by atoms with Gasteiger partial charge in [-0.3, -0.25) is 9.59 Å². The van der Waals surface area contributed by atoms with Gasteiger partial charge in [0.05, 0.1) is 12.0 Å². The van der Waals surface area contributed by atoms with E-state index in [9.17, 15) is 9.59 Å². The Morgan fingerprint density at radius 2 is 2.06 bits per heavy atom. The summed E-state index contributed by atoms with van der Waals surface area (Å²) in [5, 5.41) is 2.94. The number of amides is 2. The van der Waals surface area contributed by atoms with E-state index < -0.39 is 6.04 Å². The molecule has 8 nitrogen and oxygen atoms in total. The molecule has 5 rings (SSSR count). The van der Waals surface area contributed by atoms with Crippen LogP contribution in [0.3, 0.4) is 0 Å². The standard InChI is InChI=1S/C25H24N4O4/c30-24(21-9-1-4-13-29(21)25(31)22-10-6-14-32-22)27-18-7-5-8-20(15-18)33-17-19-16-28-12-3-2-11-23(28)26-19/h2-3,5-8,10-12,14-16,21H,1,4,9,13,17H2,(H,27,30). The minimum absolute atomic E-state index is 0.216. The monoisotopic (exact) mass is 444 g/mol. The molecule has 2 amide bonds. The van der Waals surface area contributed by atoms with E-state index in [0.29, 0.717) is 31.0 Å². The summed E-state index contributed by atoms with van der Waals surface area (Å²) in [6, 6.07) is 15.8. The number of hydrogen-bond acceptors (Lipinski definition) is 5. The Labute approximate surface area is 190 Å². The smallest absolute Gasteiger partial charge is 0.290 e. The first-order chi connectivity index (χ1) is 16.2. The van der Waals surface area contributed by atoms with E-state index in [0.717, 1.165) is 24.2 Å². The largest absolute Gasteiger partial charge is 0.487 e. The summed E-state index contributed by atoms with van der Waals surface area (Å²) in [7, 11) is 0. The van der Waals surface area contributed by atoms with Crippen LogP contribution in [0.1, 0.15) is 35.5 Å². The molecule has 168 valence electrons. The predicted molar refractivity (Wildman–Crippen MR) is 122 cm³/mol. The molecule has 0 aliphatic carbocycles. The molecule has 33 heavy (non-hydrogen) atoms. The maximum Gasteiger partial charge on any atom is 0.290 e. The Bertz CT molecular complexity index is 1230.